The topological polar surface area (TPSA) is 98.1 Å². The van der Waals surface area contributed by atoms with Crippen LogP contribution in [0.4, 0.5) is 5.69 Å². The van der Waals surface area contributed by atoms with Crippen LogP contribution >= 0.6 is 11.8 Å². The summed E-state index contributed by atoms with van der Waals surface area (Å²) >= 11 is 1.30. The lowest BCUT2D eigenvalue weighted by atomic mass is 10.0. The first-order valence-electron chi connectivity index (χ1n) is 10.6. The molecule has 1 aromatic heterocycles. The molecule has 3 aromatic rings. The monoisotopic (exact) mass is 467 g/mol. The Morgan fingerprint density at radius 2 is 1.73 bits per heavy atom. The van der Waals surface area contributed by atoms with Gasteiger partial charge in [-0.1, -0.05) is 43.3 Å². The summed E-state index contributed by atoms with van der Waals surface area (Å²) in [5.41, 5.74) is 2.42. The number of aromatic nitrogens is 3. The minimum atomic E-state index is -0.340. The van der Waals surface area contributed by atoms with E-state index in [0.717, 1.165) is 11.3 Å². The molecule has 9 heteroatoms. The molecule has 1 heterocycles. The van der Waals surface area contributed by atoms with E-state index in [2.05, 4.69) is 20.8 Å². The van der Waals surface area contributed by atoms with Gasteiger partial charge < -0.3 is 19.9 Å². The maximum atomic E-state index is 12.8. The summed E-state index contributed by atoms with van der Waals surface area (Å²) in [5, 5.41) is 15.1. The van der Waals surface area contributed by atoms with Crippen molar-refractivity contribution in [2.45, 2.75) is 32.0 Å². The van der Waals surface area contributed by atoms with Crippen LogP contribution in [0, 0.1) is 12.8 Å². The second-order valence-corrected chi connectivity index (χ2v) is 8.97. The average molecular weight is 468 g/mol. The summed E-state index contributed by atoms with van der Waals surface area (Å²) < 4.78 is 6.97. The summed E-state index contributed by atoms with van der Waals surface area (Å²) in [7, 11) is 3.42. The number of methoxy groups -OCH3 is 1. The van der Waals surface area contributed by atoms with Gasteiger partial charge in [0.1, 0.15) is 5.75 Å². The predicted octanol–water partition coefficient (Wildman–Crippen LogP) is 3.99. The van der Waals surface area contributed by atoms with Crippen molar-refractivity contribution in [3.05, 3.63) is 65.5 Å². The molecule has 2 amide bonds. The predicted molar refractivity (Wildman–Crippen MR) is 130 cm³/mol. The normalized spacial score (nSPS) is 11.8. The van der Waals surface area contributed by atoms with Crippen LogP contribution in [0.2, 0.25) is 0 Å². The number of anilines is 1. The number of nitrogens with zero attached hydrogens (tertiary/aromatic N) is 3. The van der Waals surface area contributed by atoms with Crippen LogP contribution in [0.15, 0.2) is 53.7 Å². The summed E-state index contributed by atoms with van der Waals surface area (Å²) in [6.45, 7) is 6.02. The van der Waals surface area contributed by atoms with Gasteiger partial charge in [-0.15, -0.1) is 10.2 Å². The third-order valence-electron chi connectivity index (χ3n) is 5.12. The summed E-state index contributed by atoms with van der Waals surface area (Å²) in [4.78, 5) is 25.1. The van der Waals surface area contributed by atoms with E-state index in [1.807, 2.05) is 56.7 Å². The molecule has 0 radical (unpaired) electrons. The minimum Gasteiger partial charge on any atom is -0.497 e. The quantitative estimate of drug-likeness (QED) is 0.462. The van der Waals surface area contributed by atoms with Crippen LogP contribution in [-0.4, -0.2) is 39.4 Å². The number of aryl methyl sites for hydroxylation is 1. The molecule has 33 heavy (non-hydrogen) atoms. The number of nitrogens with one attached hydrogen (secondary N) is 2. The lowest BCUT2D eigenvalue weighted by molar-refractivity contribution is -0.113. The maximum Gasteiger partial charge on any atom is 0.251 e. The van der Waals surface area contributed by atoms with Gasteiger partial charge in [0, 0.05) is 18.3 Å². The Balaban J connectivity index is 1.65. The molecule has 8 nitrogen and oxygen atoms in total. The Bertz CT molecular complexity index is 1090. The lowest BCUT2D eigenvalue weighted by Gasteiger charge is -2.21. The van der Waals surface area contributed by atoms with Gasteiger partial charge in [0.2, 0.25) is 5.91 Å². The highest BCUT2D eigenvalue weighted by atomic mass is 32.2. The Morgan fingerprint density at radius 1 is 1.06 bits per heavy atom. The van der Waals surface area contributed by atoms with Crippen molar-refractivity contribution < 1.29 is 14.3 Å². The lowest BCUT2D eigenvalue weighted by Crippen LogP contribution is -2.33. The molecule has 0 fully saturated rings. The van der Waals surface area contributed by atoms with E-state index in [-0.39, 0.29) is 29.5 Å². The number of benzene rings is 2. The smallest absolute Gasteiger partial charge is 0.251 e. The molecular weight excluding hydrogens is 438 g/mol. The van der Waals surface area contributed by atoms with Crippen molar-refractivity contribution in [1.82, 2.24) is 20.1 Å². The molecule has 0 aliphatic carbocycles. The van der Waals surface area contributed by atoms with Crippen molar-refractivity contribution in [2.24, 2.45) is 13.0 Å². The van der Waals surface area contributed by atoms with Gasteiger partial charge in [-0.3, -0.25) is 9.59 Å². The number of thioether (sulfide) groups is 1. The molecule has 0 spiro atoms. The van der Waals surface area contributed by atoms with Crippen LogP contribution in [-0.2, 0) is 11.8 Å². The van der Waals surface area contributed by atoms with Crippen LogP contribution in [0.1, 0.15) is 41.6 Å². The van der Waals surface area contributed by atoms with Crippen molar-refractivity contribution in [2.75, 3.05) is 18.2 Å². The van der Waals surface area contributed by atoms with Crippen molar-refractivity contribution in [3.8, 4) is 5.75 Å². The first kappa shape index (κ1) is 24.3. The first-order valence-corrected chi connectivity index (χ1v) is 11.6. The molecule has 174 valence electrons. The molecule has 0 bridgehead atoms. The number of carbonyl (C=O) groups excluding carboxylic acids is 2. The fourth-order valence-corrected chi connectivity index (χ4v) is 3.90. The Morgan fingerprint density at radius 3 is 2.33 bits per heavy atom. The number of ether oxygens (including phenoxy) is 1. The van der Waals surface area contributed by atoms with Gasteiger partial charge in [-0.2, -0.15) is 0 Å². The molecule has 0 aliphatic heterocycles. The van der Waals surface area contributed by atoms with Crippen LogP contribution in [0.25, 0.3) is 0 Å². The van der Waals surface area contributed by atoms with E-state index in [4.69, 9.17) is 4.74 Å². The minimum absolute atomic E-state index is 0.0813. The van der Waals surface area contributed by atoms with E-state index < -0.39 is 0 Å². The molecule has 3 rings (SSSR count). The van der Waals surface area contributed by atoms with E-state index in [1.165, 1.54) is 11.8 Å². The first-order chi connectivity index (χ1) is 15.8. The second-order valence-electron chi connectivity index (χ2n) is 8.03. The molecule has 0 aliphatic rings. The largest absolute Gasteiger partial charge is 0.497 e. The third kappa shape index (κ3) is 6.35. The SMILES string of the molecule is COc1ccc(C(=O)N[C@@H](c2nnc(SCC(=O)Nc3ccc(C)cc3)n2C)C(C)C)cc1. The summed E-state index contributed by atoms with van der Waals surface area (Å²) in [5.74, 6) is 1.27. The highest BCUT2D eigenvalue weighted by Gasteiger charge is 2.25. The van der Waals surface area contributed by atoms with Crippen LogP contribution in [0.5, 0.6) is 5.75 Å². The van der Waals surface area contributed by atoms with Gasteiger partial charge in [0.05, 0.1) is 18.9 Å². The number of rotatable bonds is 9. The zero-order chi connectivity index (χ0) is 24.0. The molecule has 2 aromatic carbocycles. The fraction of sp³-hybridized carbons (Fsp3) is 0.333. The van der Waals surface area contributed by atoms with Crippen molar-refractivity contribution >= 4 is 29.3 Å². The van der Waals surface area contributed by atoms with Gasteiger partial charge in [-0.25, -0.2) is 0 Å². The van der Waals surface area contributed by atoms with Gasteiger partial charge in [-0.05, 0) is 49.2 Å². The molecule has 0 unspecified atom stereocenters. The number of hydrogen-bond donors (Lipinski definition) is 2. The zero-order valence-electron chi connectivity index (χ0n) is 19.5. The van der Waals surface area contributed by atoms with E-state index >= 15 is 0 Å². The molecule has 2 N–H and O–H groups in total. The van der Waals surface area contributed by atoms with Gasteiger partial charge >= 0.3 is 0 Å². The average Bonchev–Trinajstić information content (AvgIpc) is 3.17. The summed E-state index contributed by atoms with van der Waals surface area (Å²) in [6, 6.07) is 14.2. The van der Waals surface area contributed by atoms with Crippen molar-refractivity contribution in [3.63, 3.8) is 0 Å². The Labute approximate surface area is 198 Å². The van der Waals surface area contributed by atoms with E-state index in [0.29, 0.717) is 22.3 Å². The second kappa shape index (κ2) is 11.0. The van der Waals surface area contributed by atoms with Crippen molar-refractivity contribution in [1.29, 1.82) is 0 Å². The molecule has 0 saturated heterocycles. The maximum absolute atomic E-state index is 12.8. The van der Waals surface area contributed by atoms with E-state index in [9.17, 15) is 9.59 Å². The van der Waals surface area contributed by atoms with Crippen LogP contribution < -0.4 is 15.4 Å². The fourth-order valence-electron chi connectivity index (χ4n) is 3.18. The molecular formula is C24H29N5O3S. The summed E-state index contributed by atoms with van der Waals surface area (Å²) in [6.07, 6.45) is 0. The molecule has 1 atom stereocenters. The van der Waals surface area contributed by atoms with Crippen LogP contribution in [0.3, 0.4) is 0 Å². The third-order valence-corrected chi connectivity index (χ3v) is 6.14. The van der Waals surface area contributed by atoms with Gasteiger partial charge in [0.15, 0.2) is 11.0 Å². The Hall–Kier alpha value is -3.33. The zero-order valence-corrected chi connectivity index (χ0v) is 20.3. The molecule has 0 saturated carbocycles. The highest BCUT2D eigenvalue weighted by molar-refractivity contribution is 7.99. The van der Waals surface area contributed by atoms with E-state index in [1.54, 1.807) is 31.4 Å². The highest BCUT2D eigenvalue weighted by Crippen LogP contribution is 2.25. The van der Waals surface area contributed by atoms with Gasteiger partial charge in [0.25, 0.3) is 5.91 Å². The Kier molecular flexibility index (Phi) is 8.11. The standard InChI is InChI=1S/C24H29N5O3S/c1-15(2)21(26-23(31)17-8-12-19(32-5)13-9-17)22-27-28-24(29(22)4)33-14-20(30)25-18-10-6-16(3)7-11-18/h6-13,15,21H,14H2,1-5H3,(H,25,30)(H,26,31)/t21-/m1/s1. The number of carbonyl (C=O) groups is 2. The number of hydrogen-bond acceptors (Lipinski definition) is 6. The number of amides is 2.